The van der Waals surface area contributed by atoms with Gasteiger partial charge in [-0.3, -0.25) is 9.59 Å². The topological polar surface area (TPSA) is 68.5 Å². The Morgan fingerprint density at radius 3 is 2.66 bits per heavy atom. The summed E-state index contributed by atoms with van der Waals surface area (Å²) in [6.45, 7) is 6.72. The Bertz CT molecular complexity index is 1150. The lowest BCUT2D eigenvalue weighted by molar-refractivity contribution is 0.0938. The van der Waals surface area contributed by atoms with E-state index < -0.39 is 6.04 Å². The van der Waals surface area contributed by atoms with Gasteiger partial charge < -0.3 is 14.5 Å². The van der Waals surface area contributed by atoms with E-state index in [-0.39, 0.29) is 17.1 Å². The van der Waals surface area contributed by atoms with E-state index in [0.29, 0.717) is 23.1 Å². The Kier molecular flexibility index (Phi) is 5.14. The van der Waals surface area contributed by atoms with Crippen molar-refractivity contribution in [1.29, 1.82) is 0 Å². The van der Waals surface area contributed by atoms with E-state index in [0.717, 1.165) is 41.7 Å². The van der Waals surface area contributed by atoms with Gasteiger partial charge in [-0.1, -0.05) is 31.9 Å². The van der Waals surface area contributed by atoms with Crippen LogP contribution in [0.1, 0.15) is 65.0 Å². The molecule has 1 aliphatic heterocycles. The number of rotatable bonds is 6. The van der Waals surface area contributed by atoms with E-state index in [4.69, 9.17) is 9.15 Å². The third kappa shape index (κ3) is 3.53. The van der Waals surface area contributed by atoms with Crippen molar-refractivity contribution in [1.82, 2.24) is 5.32 Å². The van der Waals surface area contributed by atoms with E-state index in [1.807, 2.05) is 50.2 Å². The van der Waals surface area contributed by atoms with Crippen LogP contribution >= 0.6 is 0 Å². The van der Waals surface area contributed by atoms with Crippen LogP contribution in [0, 0.1) is 13.8 Å². The fraction of sp³-hybridized carbons (Fsp3) is 0.333. The first kappa shape index (κ1) is 19.2. The fourth-order valence-corrected chi connectivity index (χ4v) is 3.74. The number of benzene rings is 2. The lowest BCUT2D eigenvalue weighted by Crippen LogP contribution is -2.22. The third-order valence-corrected chi connectivity index (χ3v) is 5.52. The standard InChI is InChI=1S/C24H25NO4/c1-4-5-6-10-28-17-9-7-8-16(13-17)21-20-22(26)18-11-14(2)15(3)12-19(18)29-23(20)24(27)25-21/h7-9,11-13,21H,4-6,10H2,1-3H3,(H,25,27). The first-order chi connectivity index (χ1) is 14.0. The van der Waals surface area contributed by atoms with E-state index in [1.54, 1.807) is 0 Å². The zero-order valence-corrected chi connectivity index (χ0v) is 17.0. The van der Waals surface area contributed by atoms with Gasteiger partial charge in [0, 0.05) is 0 Å². The number of ether oxygens (including phenoxy) is 1. The summed E-state index contributed by atoms with van der Waals surface area (Å²) in [5.41, 5.74) is 3.49. The minimum absolute atomic E-state index is 0.102. The largest absolute Gasteiger partial charge is 0.494 e. The molecule has 0 bridgehead atoms. The molecule has 5 nitrogen and oxygen atoms in total. The van der Waals surface area contributed by atoms with Gasteiger partial charge in [0.25, 0.3) is 5.91 Å². The zero-order chi connectivity index (χ0) is 20.5. The summed E-state index contributed by atoms with van der Waals surface area (Å²) in [6, 6.07) is 10.7. The highest BCUT2D eigenvalue weighted by Crippen LogP contribution is 2.32. The highest BCUT2D eigenvalue weighted by Gasteiger charge is 2.36. The molecule has 1 aliphatic rings. The van der Waals surface area contributed by atoms with Crippen LogP contribution in [-0.2, 0) is 0 Å². The monoisotopic (exact) mass is 391 g/mol. The van der Waals surface area contributed by atoms with Gasteiger partial charge in [-0.15, -0.1) is 0 Å². The van der Waals surface area contributed by atoms with Crippen LogP contribution in [0.5, 0.6) is 5.75 Å². The van der Waals surface area contributed by atoms with Crippen molar-refractivity contribution in [2.24, 2.45) is 0 Å². The average molecular weight is 391 g/mol. The van der Waals surface area contributed by atoms with Crippen LogP contribution in [0.25, 0.3) is 11.0 Å². The minimum Gasteiger partial charge on any atom is -0.494 e. The fourth-order valence-electron chi connectivity index (χ4n) is 3.74. The molecule has 3 aromatic rings. The molecule has 0 fully saturated rings. The van der Waals surface area contributed by atoms with Crippen molar-refractivity contribution < 1.29 is 13.9 Å². The van der Waals surface area contributed by atoms with Gasteiger partial charge in [0.2, 0.25) is 5.76 Å². The predicted molar refractivity (Wildman–Crippen MR) is 113 cm³/mol. The number of fused-ring (bicyclic) bond motifs is 2. The van der Waals surface area contributed by atoms with Gasteiger partial charge in [-0.2, -0.15) is 0 Å². The van der Waals surface area contributed by atoms with Crippen molar-refractivity contribution in [3.05, 3.63) is 74.6 Å². The Balaban J connectivity index is 1.74. The van der Waals surface area contributed by atoms with Crippen LogP contribution in [0.15, 0.2) is 45.6 Å². The quantitative estimate of drug-likeness (QED) is 0.612. The van der Waals surface area contributed by atoms with Crippen molar-refractivity contribution in [3.8, 4) is 5.75 Å². The first-order valence-corrected chi connectivity index (χ1v) is 10.1. The van der Waals surface area contributed by atoms with Crippen LogP contribution < -0.4 is 15.5 Å². The molecular formula is C24H25NO4. The number of carbonyl (C=O) groups is 1. The van der Waals surface area contributed by atoms with Crippen molar-refractivity contribution >= 4 is 16.9 Å². The highest BCUT2D eigenvalue weighted by molar-refractivity contribution is 5.99. The molecule has 0 saturated heterocycles. The Hall–Kier alpha value is -3.08. The first-order valence-electron chi connectivity index (χ1n) is 10.1. The lowest BCUT2D eigenvalue weighted by atomic mass is 9.98. The van der Waals surface area contributed by atoms with Crippen LogP contribution in [0.4, 0.5) is 0 Å². The number of carbonyl (C=O) groups excluding carboxylic acids is 1. The predicted octanol–water partition coefficient (Wildman–Crippen LogP) is 4.81. The van der Waals surface area contributed by atoms with Crippen molar-refractivity contribution in [2.45, 2.75) is 46.1 Å². The highest BCUT2D eigenvalue weighted by atomic mass is 16.5. The molecule has 4 rings (SSSR count). The lowest BCUT2D eigenvalue weighted by Gasteiger charge is -2.14. The van der Waals surface area contributed by atoms with Crippen molar-refractivity contribution in [2.75, 3.05) is 6.61 Å². The second kappa shape index (κ2) is 7.74. The molecule has 150 valence electrons. The summed E-state index contributed by atoms with van der Waals surface area (Å²) >= 11 is 0. The summed E-state index contributed by atoms with van der Waals surface area (Å²) in [5.74, 6) is 0.472. The van der Waals surface area contributed by atoms with E-state index in [9.17, 15) is 9.59 Å². The van der Waals surface area contributed by atoms with Gasteiger partial charge >= 0.3 is 0 Å². The SMILES string of the molecule is CCCCCOc1cccc(C2NC(=O)c3oc4cc(C)c(C)cc4c(=O)c32)c1. The molecule has 2 aromatic carbocycles. The summed E-state index contributed by atoms with van der Waals surface area (Å²) in [5, 5.41) is 3.40. The smallest absolute Gasteiger partial charge is 0.288 e. The normalized spacial score (nSPS) is 15.4. The van der Waals surface area contributed by atoms with Gasteiger partial charge in [0.05, 0.1) is 23.6 Å². The molecule has 0 spiro atoms. The molecule has 1 atom stereocenters. The number of nitrogens with one attached hydrogen (secondary N) is 1. The molecule has 1 amide bonds. The maximum atomic E-state index is 13.3. The summed E-state index contributed by atoms with van der Waals surface area (Å²) < 4.78 is 11.7. The molecule has 0 saturated carbocycles. The number of unbranched alkanes of at least 4 members (excludes halogenated alkanes) is 2. The molecule has 0 aliphatic carbocycles. The second-order valence-corrected chi connectivity index (χ2v) is 7.64. The molecule has 1 N–H and O–H groups in total. The summed E-state index contributed by atoms with van der Waals surface area (Å²) in [4.78, 5) is 25.8. The molecule has 0 radical (unpaired) electrons. The summed E-state index contributed by atoms with van der Waals surface area (Å²) in [6.07, 6.45) is 3.26. The van der Waals surface area contributed by atoms with Gasteiger partial charge in [0.1, 0.15) is 11.3 Å². The molecular weight excluding hydrogens is 366 g/mol. The third-order valence-electron chi connectivity index (χ3n) is 5.52. The maximum absolute atomic E-state index is 13.3. The molecule has 2 heterocycles. The Morgan fingerprint density at radius 2 is 1.86 bits per heavy atom. The minimum atomic E-state index is -0.543. The van der Waals surface area contributed by atoms with E-state index in [1.165, 1.54) is 0 Å². The molecule has 5 heteroatoms. The van der Waals surface area contributed by atoms with Gasteiger partial charge in [-0.05, 0) is 61.2 Å². The maximum Gasteiger partial charge on any atom is 0.288 e. The average Bonchev–Trinajstić information content (AvgIpc) is 3.04. The van der Waals surface area contributed by atoms with Gasteiger partial charge in [0.15, 0.2) is 5.43 Å². The Labute approximate surface area is 169 Å². The number of aryl methyl sites for hydroxylation is 2. The molecule has 29 heavy (non-hydrogen) atoms. The second-order valence-electron chi connectivity index (χ2n) is 7.64. The van der Waals surface area contributed by atoms with Gasteiger partial charge in [-0.25, -0.2) is 0 Å². The van der Waals surface area contributed by atoms with Crippen LogP contribution in [0.2, 0.25) is 0 Å². The summed E-state index contributed by atoms with van der Waals surface area (Å²) in [7, 11) is 0. The number of hydrogen-bond acceptors (Lipinski definition) is 4. The van der Waals surface area contributed by atoms with E-state index in [2.05, 4.69) is 12.2 Å². The number of amides is 1. The number of hydrogen-bond donors (Lipinski definition) is 1. The zero-order valence-electron chi connectivity index (χ0n) is 17.0. The van der Waals surface area contributed by atoms with Crippen molar-refractivity contribution in [3.63, 3.8) is 0 Å². The Morgan fingerprint density at radius 1 is 1.07 bits per heavy atom. The molecule has 1 aromatic heterocycles. The molecule has 1 unspecified atom stereocenters. The van der Waals surface area contributed by atoms with E-state index >= 15 is 0 Å². The van der Waals surface area contributed by atoms with Crippen LogP contribution in [-0.4, -0.2) is 12.5 Å². The van der Waals surface area contributed by atoms with Crippen LogP contribution in [0.3, 0.4) is 0 Å².